The number of nitrogens with zero attached hydrogens (tertiary/aromatic N) is 4. The van der Waals surface area contributed by atoms with E-state index in [0.29, 0.717) is 42.1 Å². The standard InChI is InChI=1S/C42H50N4O6/c1-6-26-44(32-20-22-33(23-21-32)51-10-5)39(48)36-35-24-25-42(52-35)37(36)40(49)46(34(28-47)29-14-12-11-13-15-29)38(42)41(50)45(27-7-2)31-18-16-30(17-19-31)43(8-3)9-4/h6-7,11-23,34-38,47H,1-2,8-10,24-28H2,3-5H3/t34-,35-,36+,37+,38?,42?/m1/s1. The highest BCUT2D eigenvalue weighted by Crippen LogP contribution is 2.60. The van der Waals surface area contributed by atoms with Crippen LogP contribution in [0.25, 0.3) is 0 Å². The molecule has 6 atom stereocenters. The smallest absolute Gasteiger partial charge is 0.253 e. The number of ether oxygens (including phenoxy) is 2. The van der Waals surface area contributed by atoms with Crippen LogP contribution < -0.4 is 19.4 Å². The van der Waals surface area contributed by atoms with Crippen LogP contribution in [0.2, 0.25) is 0 Å². The maximum absolute atomic E-state index is 15.2. The van der Waals surface area contributed by atoms with Crippen molar-refractivity contribution in [3.05, 3.63) is 110 Å². The van der Waals surface area contributed by atoms with E-state index < -0.39 is 42.2 Å². The first kappa shape index (κ1) is 36.8. The van der Waals surface area contributed by atoms with E-state index in [1.54, 1.807) is 22.0 Å². The van der Waals surface area contributed by atoms with Crippen molar-refractivity contribution >= 4 is 34.8 Å². The number of aliphatic hydroxyl groups excluding tert-OH is 1. The Morgan fingerprint density at radius 3 is 2.04 bits per heavy atom. The van der Waals surface area contributed by atoms with Gasteiger partial charge in [-0.25, -0.2) is 0 Å². The van der Waals surface area contributed by atoms with E-state index >= 15 is 9.59 Å². The normalized spacial score (nSPS) is 23.5. The molecule has 10 heteroatoms. The van der Waals surface area contributed by atoms with E-state index in [0.717, 1.165) is 18.8 Å². The Morgan fingerprint density at radius 2 is 1.48 bits per heavy atom. The van der Waals surface area contributed by atoms with Crippen LogP contribution in [0.1, 0.15) is 45.2 Å². The molecule has 3 heterocycles. The van der Waals surface area contributed by atoms with Gasteiger partial charge in [0.2, 0.25) is 11.8 Å². The lowest BCUT2D eigenvalue weighted by atomic mass is 9.70. The maximum Gasteiger partial charge on any atom is 0.253 e. The van der Waals surface area contributed by atoms with Gasteiger partial charge in [-0.2, -0.15) is 0 Å². The summed E-state index contributed by atoms with van der Waals surface area (Å²) < 4.78 is 12.4. The van der Waals surface area contributed by atoms with Gasteiger partial charge in [0, 0.05) is 43.2 Å². The highest BCUT2D eigenvalue weighted by atomic mass is 16.5. The van der Waals surface area contributed by atoms with Gasteiger partial charge in [-0.05, 0) is 87.7 Å². The average Bonchev–Trinajstić information content (AvgIpc) is 3.82. The Balaban J connectivity index is 1.43. The molecular formula is C42H50N4O6. The number of rotatable bonds is 16. The molecule has 3 fully saturated rings. The molecule has 0 aromatic heterocycles. The second kappa shape index (κ2) is 15.8. The van der Waals surface area contributed by atoms with E-state index in [1.807, 2.05) is 85.8 Å². The predicted molar refractivity (Wildman–Crippen MR) is 203 cm³/mol. The van der Waals surface area contributed by atoms with Crippen molar-refractivity contribution < 1.29 is 29.0 Å². The van der Waals surface area contributed by atoms with Crippen LogP contribution in [0.15, 0.2) is 104 Å². The van der Waals surface area contributed by atoms with Gasteiger partial charge in [-0.15, -0.1) is 13.2 Å². The summed E-state index contributed by atoms with van der Waals surface area (Å²) in [6.07, 6.45) is 3.70. The molecule has 3 aromatic rings. The zero-order valence-electron chi connectivity index (χ0n) is 30.4. The summed E-state index contributed by atoms with van der Waals surface area (Å²) in [4.78, 5) is 52.0. The summed E-state index contributed by atoms with van der Waals surface area (Å²) in [5, 5.41) is 10.9. The number of anilines is 3. The van der Waals surface area contributed by atoms with Gasteiger partial charge in [-0.1, -0.05) is 42.5 Å². The summed E-state index contributed by atoms with van der Waals surface area (Å²) in [6.45, 7) is 16.1. The van der Waals surface area contributed by atoms with Crippen LogP contribution >= 0.6 is 0 Å². The highest BCUT2D eigenvalue weighted by molar-refractivity contribution is 6.06. The predicted octanol–water partition coefficient (Wildman–Crippen LogP) is 5.78. The lowest BCUT2D eigenvalue weighted by Crippen LogP contribution is -2.57. The van der Waals surface area contributed by atoms with Crippen LogP contribution in [-0.4, -0.2) is 84.9 Å². The molecule has 10 nitrogen and oxygen atoms in total. The quantitative estimate of drug-likeness (QED) is 0.189. The summed E-state index contributed by atoms with van der Waals surface area (Å²) in [6, 6.07) is 22.4. The average molecular weight is 707 g/mol. The first-order valence-electron chi connectivity index (χ1n) is 18.4. The summed E-state index contributed by atoms with van der Waals surface area (Å²) in [5.41, 5.74) is 1.74. The topological polar surface area (TPSA) is 103 Å². The van der Waals surface area contributed by atoms with E-state index in [4.69, 9.17) is 9.47 Å². The number of carbonyl (C=O) groups is 3. The number of fused-ring (bicyclic) bond motifs is 1. The van der Waals surface area contributed by atoms with Crippen molar-refractivity contribution in [2.45, 2.75) is 57.4 Å². The van der Waals surface area contributed by atoms with Gasteiger partial charge in [-0.3, -0.25) is 14.4 Å². The molecule has 0 saturated carbocycles. The number of likely N-dealkylation sites (tertiary alicyclic amines) is 1. The van der Waals surface area contributed by atoms with E-state index in [2.05, 4.69) is 31.9 Å². The Kier molecular flexibility index (Phi) is 11.2. The summed E-state index contributed by atoms with van der Waals surface area (Å²) in [7, 11) is 0. The second-order valence-corrected chi connectivity index (χ2v) is 13.5. The van der Waals surface area contributed by atoms with Crippen LogP contribution in [0, 0.1) is 11.8 Å². The molecule has 2 bridgehead atoms. The lowest BCUT2D eigenvalue weighted by Gasteiger charge is -2.39. The zero-order valence-corrected chi connectivity index (χ0v) is 30.4. The maximum atomic E-state index is 15.2. The fourth-order valence-corrected chi connectivity index (χ4v) is 8.57. The molecule has 3 aliphatic heterocycles. The van der Waals surface area contributed by atoms with Gasteiger partial charge in [0.25, 0.3) is 5.91 Å². The van der Waals surface area contributed by atoms with Crippen LogP contribution in [0.5, 0.6) is 5.75 Å². The molecule has 274 valence electrons. The highest BCUT2D eigenvalue weighted by Gasteiger charge is 2.75. The molecule has 0 radical (unpaired) electrons. The Hall–Kier alpha value is -4.93. The number of amides is 3. The van der Waals surface area contributed by atoms with Gasteiger partial charge in [0.1, 0.15) is 17.4 Å². The minimum Gasteiger partial charge on any atom is -0.494 e. The molecule has 6 rings (SSSR count). The monoisotopic (exact) mass is 706 g/mol. The molecule has 0 aliphatic carbocycles. The lowest BCUT2D eigenvalue weighted by molar-refractivity contribution is -0.144. The van der Waals surface area contributed by atoms with Crippen molar-refractivity contribution in [1.82, 2.24) is 4.90 Å². The van der Waals surface area contributed by atoms with E-state index in [-0.39, 0.29) is 30.8 Å². The van der Waals surface area contributed by atoms with Gasteiger partial charge < -0.3 is 34.2 Å². The van der Waals surface area contributed by atoms with Crippen molar-refractivity contribution in [3.8, 4) is 5.75 Å². The zero-order chi connectivity index (χ0) is 37.0. The first-order valence-corrected chi connectivity index (χ1v) is 18.4. The molecular weight excluding hydrogens is 656 g/mol. The third-order valence-electron chi connectivity index (χ3n) is 10.9. The second-order valence-electron chi connectivity index (χ2n) is 13.5. The number of benzene rings is 3. The SMILES string of the molecule is C=CCN(C(=O)C1N([C@H](CO)c2ccccc2)C(=O)[C@@H]2[C@@H](C(=O)N(CC=C)c3ccc(OCC)cc3)[C@H]3CCC12O3)c1ccc(N(CC)CC)cc1. The van der Waals surface area contributed by atoms with Crippen LogP contribution in [0.4, 0.5) is 17.1 Å². The van der Waals surface area contributed by atoms with E-state index in [9.17, 15) is 9.90 Å². The minimum atomic E-state index is -1.28. The fraction of sp³-hybridized carbons (Fsp3) is 0.405. The third kappa shape index (κ3) is 6.39. The van der Waals surface area contributed by atoms with Crippen LogP contribution in [0.3, 0.4) is 0 Å². The van der Waals surface area contributed by atoms with E-state index in [1.165, 1.54) is 4.90 Å². The molecule has 2 unspecified atom stereocenters. The third-order valence-corrected chi connectivity index (χ3v) is 10.9. The molecule has 3 saturated heterocycles. The molecule has 3 amide bonds. The molecule has 3 aromatic carbocycles. The van der Waals surface area contributed by atoms with Gasteiger partial charge >= 0.3 is 0 Å². The fourth-order valence-electron chi connectivity index (χ4n) is 8.57. The van der Waals surface area contributed by atoms with Crippen molar-refractivity contribution in [2.24, 2.45) is 11.8 Å². The molecule has 52 heavy (non-hydrogen) atoms. The number of hydrogen-bond donors (Lipinski definition) is 1. The molecule has 1 N–H and O–H groups in total. The van der Waals surface area contributed by atoms with Gasteiger partial charge in [0.15, 0.2) is 0 Å². The van der Waals surface area contributed by atoms with Crippen molar-refractivity contribution in [3.63, 3.8) is 0 Å². The van der Waals surface area contributed by atoms with Crippen LogP contribution in [-0.2, 0) is 19.1 Å². The summed E-state index contributed by atoms with van der Waals surface area (Å²) >= 11 is 0. The Morgan fingerprint density at radius 1 is 0.904 bits per heavy atom. The molecule has 3 aliphatic rings. The van der Waals surface area contributed by atoms with Crippen molar-refractivity contribution in [2.75, 3.05) is 54.1 Å². The molecule has 1 spiro atoms. The first-order chi connectivity index (χ1) is 25.3. The van der Waals surface area contributed by atoms with Crippen molar-refractivity contribution in [1.29, 1.82) is 0 Å². The Labute approximate surface area is 306 Å². The number of carbonyl (C=O) groups excluding carboxylic acids is 3. The largest absolute Gasteiger partial charge is 0.494 e. The van der Waals surface area contributed by atoms with Gasteiger partial charge in [0.05, 0.1) is 37.2 Å². The number of hydrogen-bond acceptors (Lipinski definition) is 7. The summed E-state index contributed by atoms with van der Waals surface area (Å²) in [5.74, 6) is -2.07. The number of aliphatic hydroxyl groups is 1. The Bertz CT molecular complexity index is 1740. The minimum absolute atomic E-state index is 0.189.